The normalized spacial score (nSPS) is 10.3. The van der Waals surface area contributed by atoms with E-state index in [9.17, 15) is 0 Å². The number of ether oxygens (including phenoxy) is 2. The third-order valence-corrected chi connectivity index (χ3v) is 2.90. The smallest absolute Gasteiger partial charge is 0.195 e. The molecule has 0 saturated heterocycles. The fourth-order valence-corrected chi connectivity index (χ4v) is 1.88. The minimum absolute atomic E-state index is 0.577. The second kappa shape index (κ2) is 9.55. The standard InChI is InChI=1S/C13H17NO4S.C2H6/c1-9-8-17-13-10(19)7-11(18-12(9)13)14-3-4-16-6-5-15-2;1-2/h7-8,14H,3-6H2,1-2H3;1-2H3. The molecule has 0 radical (unpaired) electrons. The summed E-state index contributed by atoms with van der Waals surface area (Å²) in [4.78, 5) is 0. The second-order valence-corrected chi connectivity index (χ2v) is 4.52. The lowest BCUT2D eigenvalue weighted by Gasteiger charge is -2.06. The summed E-state index contributed by atoms with van der Waals surface area (Å²) in [5.74, 6) is 0.623. The van der Waals surface area contributed by atoms with Gasteiger partial charge in [0.05, 0.1) is 30.6 Å². The van der Waals surface area contributed by atoms with Crippen LogP contribution < -0.4 is 5.32 Å². The molecule has 0 bridgehead atoms. The van der Waals surface area contributed by atoms with Gasteiger partial charge in [0.2, 0.25) is 0 Å². The first-order valence-electron chi connectivity index (χ1n) is 7.05. The second-order valence-electron chi connectivity index (χ2n) is 4.08. The van der Waals surface area contributed by atoms with Crippen molar-refractivity contribution in [1.29, 1.82) is 0 Å². The Hall–Kier alpha value is -1.37. The Morgan fingerprint density at radius 3 is 2.67 bits per heavy atom. The van der Waals surface area contributed by atoms with E-state index in [-0.39, 0.29) is 0 Å². The number of anilines is 1. The lowest BCUT2D eigenvalue weighted by molar-refractivity contribution is 0.0758. The summed E-state index contributed by atoms with van der Waals surface area (Å²) in [6.45, 7) is 8.32. The third-order valence-electron chi connectivity index (χ3n) is 2.59. The molecule has 0 aromatic carbocycles. The van der Waals surface area contributed by atoms with Crippen molar-refractivity contribution in [3.05, 3.63) is 22.4 Å². The molecule has 2 rings (SSSR count). The number of rotatable bonds is 7. The first-order valence-corrected chi connectivity index (χ1v) is 7.45. The maximum Gasteiger partial charge on any atom is 0.195 e. The topological polar surface area (TPSA) is 56.8 Å². The maximum atomic E-state index is 5.69. The molecule has 1 N–H and O–H groups in total. The van der Waals surface area contributed by atoms with Gasteiger partial charge in [0.1, 0.15) is 0 Å². The predicted molar refractivity (Wildman–Crippen MR) is 86.6 cm³/mol. The summed E-state index contributed by atoms with van der Waals surface area (Å²) in [6, 6.07) is 1.75. The Labute approximate surface area is 130 Å². The fraction of sp³-hybridized carbons (Fsp3) is 0.533. The summed E-state index contributed by atoms with van der Waals surface area (Å²) in [5, 5.41) is 3.13. The molecular formula is C15H23NO4S. The highest BCUT2D eigenvalue weighted by Crippen LogP contribution is 2.25. The van der Waals surface area contributed by atoms with Crippen molar-refractivity contribution >= 4 is 29.3 Å². The summed E-state index contributed by atoms with van der Waals surface area (Å²) < 4.78 is 21.9. The van der Waals surface area contributed by atoms with Gasteiger partial charge in [0, 0.05) is 25.3 Å². The van der Waals surface area contributed by atoms with Crippen LogP contribution in [0.3, 0.4) is 0 Å². The van der Waals surface area contributed by atoms with Gasteiger partial charge in [0.25, 0.3) is 0 Å². The van der Waals surface area contributed by atoms with Gasteiger partial charge in [0.15, 0.2) is 17.1 Å². The van der Waals surface area contributed by atoms with Gasteiger partial charge in [-0.05, 0) is 6.92 Å². The molecule has 0 aliphatic carbocycles. The van der Waals surface area contributed by atoms with Crippen LogP contribution in [0.2, 0.25) is 0 Å². The Morgan fingerprint density at radius 1 is 1.19 bits per heavy atom. The number of aryl methyl sites for hydroxylation is 1. The highest BCUT2D eigenvalue weighted by molar-refractivity contribution is 7.71. The zero-order chi connectivity index (χ0) is 15.7. The number of hydrogen-bond donors (Lipinski definition) is 1. The molecule has 2 heterocycles. The molecule has 118 valence electrons. The molecule has 0 atom stereocenters. The van der Waals surface area contributed by atoms with Crippen molar-refractivity contribution in [2.45, 2.75) is 20.8 Å². The highest BCUT2D eigenvalue weighted by Gasteiger charge is 2.08. The molecule has 6 heteroatoms. The van der Waals surface area contributed by atoms with Crippen molar-refractivity contribution in [2.75, 3.05) is 38.8 Å². The van der Waals surface area contributed by atoms with Crippen LogP contribution in [0.1, 0.15) is 19.4 Å². The van der Waals surface area contributed by atoms with Crippen molar-refractivity contribution in [3.8, 4) is 0 Å². The van der Waals surface area contributed by atoms with Gasteiger partial charge in [-0.3, -0.25) is 0 Å². The van der Waals surface area contributed by atoms with Crippen LogP contribution in [-0.4, -0.2) is 33.5 Å². The van der Waals surface area contributed by atoms with Crippen LogP contribution in [0.4, 0.5) is 5.88 Å². The summed E-state index contributed by atoms with van der Waals surface area (Å²) in [5.41, 5.74) is 2.24. The molecule has 5 nitrogen and oxygen atoms in total. The van der Waals surface area contributed by atoms with Gasteiger partial charge in [-0.15, -0.1) is 0 Å². The van der Waals surface area contributed by atoms with Crippen LogP contribution in [0.25, 0.3) is 11.2 Å². The zero-order valence-electron chi connectivity index (χ0n) is 13.0. The minimum atomic E-state index is 0.577. The lowest BCUT2D eigenvalue weighted by Crippen LogP contribution is -2.11. The van der Waals surface area contributed by atoms with Crippen LogP contribution in [0, 0.1) is 11.4 Å². The highest BCUT2D eigenvalue weighted by atomic mass is 32.1. The molecule has 0 aliphatic heterocycles. The van der Waals surface area contributed by atoms with E-state index in [0.717, 1.165) is 5.56 Å². The summed E-state index contributed by atoms with van der Waals surface area (Å²) >= 11 is 5.25. The molecule has 0 aliphatic rings. The minimum Gasteiger partial charge on any atom is -0.459 e. The number of fused-ring (bicyclic) bond motifs is 1. The Morgan fingerprint density at radius 2 is 1.95 bits per heavy atom. The fourth-order valence-electron chi connectivity index (χ4n) is 1.63. The number of hydrogen-bond acceptors (Lipinski definition) is 6. The molecule has 0 amide bonds. The van der Waals surface area contributed by atoms with E-state index in [1.54, 1.807) is 19.4 Å². The van der Waals surface area contributed by atoms with Gasteiger partial charge < -0.3 is 23.6 Å². The van der Waals surface area contributed by atoms with E-state index in [4.69, 9.17) is 30.5 Å². The average molecular weight is 313 g/mol. The van der Waals surface area contributed by atoms with Crippen LogP contribution in [0.5, 0.6) is 0 Å². The van der Waals surface area contributed by atoms with Crippen LogP contribution in [-0.2, 0) is 9.47 Å². The van der Waals surface area contributed by atoms with Crippen molar-refractivity contribution in [1.82, 2.24) is 0 Å². The molecular weight excluding hydrogens is 290 g/mol. The Balaban J connectivity index is 0.00000106. The molecule has 0 fully saturated rings. The largest absolute Gasteiger partial charge is 0.459 e. The quantitative estimate of drug-likeness (QED) is 0.612. The van der Waals surface area contributed by atoms with Gasteiger partial charge >= 0.3 is 0 Å². The van der Waals surface area contributed by atoms with Gasteiger partial charge in [-0.2, -0.15) is 0 Å². The maximum absolute atomic E-state index is 5.69. The number of furan rings is 1. The monoisotopic (exact) mass is 313 g/mol. The van der Waals surface area contributed by atoms with Crippen molar-refractivity contribution in [3.63, 3.8) is 0 Å². The van der Waals surface area contributed by atoms with E-state index in [2.05, 4.69) is 5.32 Å². The molecule has 2 aromatic rings. The Kier molecular flexibility index (Phi) is 8.04. The van der Waals surface area contributed by atoms with E-state index >= 15 is 0 Å². The van der Waals surface area contributed by atoms with Crippen molar-refractivity contribution in [2.24, 2.45) is 0 Å². The van der Waals surface area contributed by atoms with Crippen LogP contribution in [0.15, 0.2) is 21.2 Å². The Bertz CT molecular complexity index is 591. The summed E-state index contributed by atoms with van der Waals surface area (Å²) in [7, 11) is 1.65. The molecule has 0 unspecified atom stereocenters. The number of methoxy groups -OCH3 is 1. The van der Waals surface area contributed by atoms with E-state index in [0.29, 0.717) is 47.9 Å². The average Bonchev–Trinajstić information content (AvgIpc) is 2.87. The SMILES string of the molecule is CC.COCCOCCNc1cc(=S)c2occ(C)c2o1. The molecule has 0 saturated carbocycles. The van der Waals surface area contributed by atoms with E-state index < -0.39 is 0 Å². The summed E-state index contributed by atoms with van der Waals surface area (Å²) in [6.07, 6.45) is 1.64. The molecule has 0 spiro atoms. The van der Waals surface area contributed by atoms with Crippen LogP contribution >= 0.6 is 12.2 Å². The first-order chi connectivity index (χ1) is 10.2. The molecule has 21 heavy (non-hydrogen) atoms. The first kappa shape index (κ1) is 17.7. The van der Waals surface area contributed by atoms with Gasteiger partial charge in [-0.25, -0.2) is 0 Å². The van der Waals surface area contributed by atoms with Crippen molar-refractivity contribution < 1.29 is 18.3 Å². The zero-order valence-corrected chi connectivity index (χ0v) is 13.8. The molecule has 2 aromatic heterocycles. The third kappa shape index (κ3) is 5.15. The van der Waals surface area contributed by atoms with Gasteiger partial charge in [-0.1, -0.05) is 26.1 Å². The predicted octanol–water partition coefficient (Wildman–Crippen LogP) is 4.16. The lowest BCUT2D eigenvalue weighted by atomic mass is 10.3. The number of nitrogens with one attached hydrogen (secondary N) is 1. The van der Waals surface area contributed by atoms with E-state index in [1.165, 1.54) is 0 Å². The van der Waals surface area contributed by atoms with E-state index in [1.807, 2.05) is 20.8 Å².